The lowest BCUT2D eigenvalue weighted by Gasteiger charge is -2.25. The van der Waals surface area contributed by atoms with E-state index in [2.05, 4.69) is 5.32 Å². The highest BCUT2D eigenvalue weighted by Gasteiger charge is 2.21. The standard InChI is InChI=1S/C14H19FN2O/c1-3-14(18,4-2)10-17-9-12-5-11(8-16)6-13(15)7-12/h5-7,17-18H,3-4,9-10H2,1-2H3. The molecular formula is C14H19FN2O. The van der Waals surface area contributed by atoms with Crippen LogP contribution in [0, 0.1) is 17.1 Å². The zero-order valence-electron chi connectivity index (χ0n) is 10.8. The van der Waals surface area contributed by atoms with E-state index in [1.807, 2.05) is 19.9 Å². The van der Waals surface area contributed by atoms with Crippen molar-refractivity contribution in [3.63, 3.8) is 0 Å². The van der Waals surface area contributed by atoms with Crippen molar-refractivity contribution in [2.24, 2.45) is 0 Å². The van der Waals surface area contributed by atoms with Crippen molar-refractivity contribution in [1.82, 2.24) is 5.32 Å². The number of nitrogens with one attached hydrogen (secondary N) is 1. The zero-order valence-corrected chi connectivity index (χ0v) is 10.8. The van der Waals surface area contributed by atoms with Crippen LogP contribution in [0.25, 0.3) is 0 Å². The molecule has 1 aromatic rings. The Labute approximate surface area is 107 Å². The van der Waals surface area contributed by atoms with Gasteiger partial charge >= 0.3 is 0 Å². The number of hydrogen-bond acceptors (Lipinski definition) is 3. The second kappa shape index (κ2) is 6.48. The maximum atomic E-state index is 13.2. The van der Waals surface area contributed by atoms with Gasteiger partial charge in [0.1, 0.15) is 5.82 Å². The summed E-state index contributed by atoms with van der Waals surface area (Å²) < 4.78 is 13.2. The molecule has 0 amide bonds. The van der Waals surface area contributed by atoms with Crippen LogP contribution < -0.4 is 5.32 Å². The average molecular weight is 250 g/mol. The number of rotatable bonds is 6. The monoisotopic (exact) mass is 250 g/mol. The Morgan fingerprint density at radius 2 is 2.00 bits per heavy atom. The fraction of sp³-hybridized carbons (Fsp3) is 0.500. The smallest absolute Gasteiger partial charge is 0.124 e. The first-order chi connectivity index (χ1) is 8.53. The zero-order chi connectivity index (χ0) is 13.6. The molecule has 2 N–H and O–H groups in total. The first kappa shape index (κ1) is 14.6. The molecule has 0 atom stereocenters. The van der Waals surface area contributed by atoms with Crippen molar-refractivity contribution in [2.45, 2.75) is 38.8 Å². The summed E-state index contributed by atoms with van der Waals surface area (Å²) in [5, 5.41) is 21.9. The van der Waals surface area contributed by atoms with E-state index in [-0.39, 0.29) is 0 Å². The number of benzene rings is 1. The van der Waals surface area contributed by atoms with Crippen LogP contribution in [0.15, 0.2) is 18.2 Å². The van der Waals surface area contributed by atoms with Crippen LogP contribution in [0.2, 0.25) is 0 Å². The van der Waals surface area contributed by atoms with Crippen LogP contribution in [0.4, 0.5) is 4.39 Å². The molecular weight excluding hydrogens is 231 g/mol. The van der Waals surface area contributed by atoms with Crippen LogP contribution in [0.3, 0.4) is 0 Å². The summed E-state index contributed by atoms with van der Waals surface area (Å²) in [4.78, 5) is 0. The van der Waals surface area contributed by atoms with Crippen LogP contribution in [-0.4, -0.2) is 17.3 Å². The normalized spacial score (nSPS) is 11.3. The van der Waals surface area contributed by atoms with Crippen molar-refractivity contribution in [3.8, 4) is 6.07 Å². The highest BCUT2D eigenvalue weighted by atomic mass is 19.1. The molecule has 0 aliphatic heterocycles. The molecule has 1 rings (SSSR count). The molecule has 4 heteroatoms. The number of nitriles is 1. The van der Waals surface area contributed by atoms with Gasteiger partial charge in [-0.1, -0.05) is 13.8 Å². The third-order valence-electron chi connectivity index (χ3n) is 3.19. The van der Waals surface area contributed by atoms with Crippen molar-refractivity contribution < 1.29 is 9.50 Å². The molecule has 0 saturated carbocycles. The van der Waals surface area contributed by atoms with Crippen LogP contribution >= 0.6 is 0 Å². The largest absolute Gasteiger partial charge is 0.389 e. The summed E-state index contributed by atoms with van der Waals surface area (Å²) >= 11 is 0. The predicted octanol–water partition coefficient (Wildman–Crippen LogP) is 2.34. The van der Waals surface area contributed by atoms with Gasteiger partial charge < -0.3 is 10.4 Å². The van der Waals surface area contributed by atoms with E-state index in [4.69, 9.17) is 5.26 Å². The molecule has 1 aromatic carbocycles. The highest BCUT2D eigenvalue weighted by Crippen LogP contribution is 2.14. The van der Waals surface area contributed by atoms with Gasteiger partial charge in [0.2, 0.25) is 0 Å². The molecule has 0 fully saturated rings. The molecule has 0 radical (unpaired) electrons. The van der Waals surface area contributed by atoms with Gasteiger partial charge in [0, 0.05) is 13.1 Å². The molecule has 0 spiro atoms. The minimum Gasteiger partial charge on any atom is -0.389 e. The Bertz CT molecular complexity index is 436. The molecule has 0 aromatic heterocycles. The third kappa shape index (κ3) is 4.10. The number of halogens is 1. The first-order valence-corrected chi connectivity index (χ1v) is 6.15. The maximum absolute atomic E-state index is 13.2. The molecule has 0 aliphatic carbocycles. The van der Waals surface area contributed by atoms with E-state index < -0.39 is 11.4 Å². The van der Waals surface area contributed by atoms with Crippen LogP contribution in [-0.2, 0) is 6.54 Å². The quantitative estimate of drug-likeness (QED) is 0.814. The SMILES string of the molecule is CCC(O)(CC)CNCc1cc(F)cc(C#N)c1. The molecule has 0 saturated heterocycles. The van der Waals surface area contributed by atoms with Gasteiger partial charge in [-0.05, 0) is 36.6 Å². The van der Waals surface area contributed by atoms with Gasteiger partial charge in [0.15, 0.2) is 0 Å². The molecule has 0 aliphatic rings. The summed E-state index contributed by atoms with van der Waals surface area (Å²) in [5.74, 6) is -0.410. The lowest BCUT2D eigenvalue weighted by molar-refractivity contribution is 0.0323. The van der Waals surface area contributed by atoms with E-state index in [1.54, 1.807) is 6.07 Å². The second-order valence-electron chi connectivity index (χ2n) is 4.49. The van der Waals surface area contributed by atoms with Crippen molar-refractivity contribution >= 4 is 0 Å². The molecule has 0 heterocycles. The summed E-state index contributed by atoms with van der Waals surface area (Å²) in [7, 11) is 0. The van der Waals surface area contributed by atoms with Gasteiger partial charge in [0.05, 0.1) is 17.2 Å². The van der Waals surface area contributed by atoms with Gasteiger partial charge in [-0.3, -0.25) is 0 Å². The van der Waals surface area contributed by atoms with Gasteiger partial charge in [-0.2, -0.15) is 5.26 Å². The summed E-state index contributed by atoms with van der Waals surface area (Å²) in [6.45, 7) is 4.76. The van der Waals surface area contributed by atoms with Crippen molar-refractivity contribution in [2.75, 3.05) is 6.54 Å². The Kier molecular flexibility index (Phi) is 5.26. The summed E-state index contributed by atoms with van der Waals surface area (Å²) in [6.07, 6.45) is 1.34. The molecule has 98 valence electrons. The molecule has 0 bridgehead atoms. The molecule has 0 unspecified atom stereocenters. The number of nitrogens with zero attached hydrogens (tertiary/aromatic N) is 1. The predicted molar refractivity (Wildman–Crippen MR) is 68.4 cm³/mol. The van der Waals surface area contributed by atoms with Gasteiger partial charge in [-0.15, -0.1) is 0 Å². The number of aliphatic hydroxyl groups is 1. The van der Waals surface area contributed by atoms with Crippen LogP contribution in [0.5, 0.6) is 0 Å². The first-order valence-electron chi connectivity index (χ1n) is 6.15. The minimum absolute atomic E-state index is 0.313. The Morgan fingerprint density at radius 3 is 2.56 bits per heavy atom. The second-order valence-corrected chi connectivity index (χ2v) is 4.49. The Balaban J connectivity index is 2.59. The summed E-state index contributed by atoms with van der Waals surface area (Å²) in [6, 6.07) is 6.17. The number of hydrogen-bond donors (Lipinski definition) is 2. The van der Waals surface area contributed by atoms with Crippen LogP contribution in [0.1, 0.15) is 37.8 Å². The van der Waals surface area contributed by atoms with Crippen molar-refractivity contribution in [1.29, 1.82) is 5.26 Å². The van der Waals surface area contributed by atoms with Crippen molar-refractivity contribution in [3.05, 3.63) is 35.1 Å². The van der Waals surface area contributed by atoms with E-state index in [1.165, 1.54) is 12.1 Å². The van der Waals surface area contributed by atoms with E-state index in [9.17, 15) is 9.50 Å². The lowest BCUT2D eigenvalue weighted by atomic mass is 9.97. The molecule has 3 nitrogen and oxygen atoms in total. The maximum Gasteiger partial charge on any atom is 0.124 e. The fourth-order valence-electron chi connectivity index (χ4n) is 1.76. The van der Waals surface area contributed by atoms with E-state index in [0.717, 1.165) is 0 Å². The fourth-order valence-corrected chi connectivity index (χ4v) is 1.76. The Hall–Kier alpha value is -1.44. The highest BCUT2D eigenvalue weighted by molar-refractivity contribution is 5.33. The third-order valence-corrected chi connectivity index (χ3v) is 3.19. The topological polar surface area (TPSA) is 56.0 Å². The van der Waals surface area contributed by atoms with Gasteiger partial charge in [-0.25, -0.2) is 4.39 Å². The Morgan fingerprint density at radius 1 is 1.33 bits per heavy atom. The minimum atomic E-state index is -0.717. The van der Waals surface area contributed by atoms with Gasteiger partial charge in [0.25, 0.3) is 0 Å². The summed E-state index contributed by atoms with van der Waals surface area (Å²) in [5.41, 5.74) is 0.305. The van der Waals surface area contributed by atoms with E-state index >= 15 is 0 Å². The van der Waals surface area contributed by atoms with E-state index in [0.29, 0.717) is 37.1 Å². The molecule has 18 heavy (non-hydrogen) atoms. The average Bonchev–Trinajstić information content (AvgIpc) is 2.37. The lowest BCUT2D eigenvalue weighted by Crippen LogP contribution is -2.39.